The zero-order chi connectivity index (χ0) is 18.6. The van der Waals surface area contributed by atoms with E-state index in [2.05, 4.69) is 0 Å². The number of aromatic hydroxyl groups is 2. The van der Waals surface area contributed by atoms with Crippen molar-refractivity contribution in [3.63, 3.8) is 0 Å². The Balaban J connectivity index is 2.33. The summed E-state index contributed by atoms with van der Waals surface area (Å²) in [4.78, 5) is 23.9. The second-order valence-electron chi connectivity index (χ2n) is 5.71. The van der Waals surface area contributed by atoms with E-state index in [1.54, 1.807) is 0 Å². The van der Waals surface area contributed by atoms with E-state index in [1.807, 2.05) is 0 Å². The van der Waals surface area contributed by atoms with Gasteiger partial charge >= 0.3 is 5.97 Å². The number of aliphatic hydroxyl groups excluding tert-OH is 1. The number of hydrogen-bond acceptors (Lipinski definition) is 7. The first-order valence-electron chi connectivity index (χ1n) is 7.77. The molecule has 1 aromatic carbocycles. The van der Waals surface area contributed by atoms with Gasteiger partial charge in [0.1, 0.15) is 35.0 Å². The van der Waals surface area contributed by atoms with Gasteiger partial charge in [0.05, 0.1) is 6.61 Å². The average molecular weight is 354 g/mol. The molecule has 0 bridgehead atoms. The summed E-state index contributed by atoms with van der Waals surface area (Å²) in [5.41, 5.74) is -0.261. The number of esters is 1. The molecule has 2 atom stereocenters. The van der Waals surface area contributed by atoms with Crippen molar-refractivity contribution in [2.75, 3.05) is 6.61 Å². The fourth-order valence-electron chi connectivity index (χ4n) is 2.31. The van der Waals surface area contributed by atoms with Crippen molar-refractivity contribution in [1.29, 1.82) is 0 Å². The number of cyclic esters (lactones) is 1. The van der Waals surface area contributed by atoms with Crippen LogP contribution >= 0.6 is 0 Å². The number of carbonyl (C=O) groups excluding carboxylic acids is 2. The van der Waals surface area contributed by atoms with Crippen molar-refractivity contribution in [1.82, 2.24) is 0 Å². The molecule has 0 aromatic heterocycles. The molecule has 3 N–H and O–H groups in total. The lowest BCUT2D eigenvalue weighted by Gasteiger charge is -2.17. The molecule has 7 nitrogen and oxygen atoms in total. The normalized spacial score (nSPS) is 25.0. The van der Waals surface area contributed by atoms with Crippen LogP contribution in [0.2, 0.25) is 0 Å². The van der Waals surface area contributed by atoms with E-state index < -0.39 is 35.5 Å². The van der Waals surface area contributed by atoms with Crippen LogP contribution in [0, 0.1) is 0 Å². The molecule has 0 spiro atoms. The van der Waals surface area contributed by atoms with Crippen LogP contribution in [0.4, 0.5) is 4.39 Å². The number of benzene rings is 1. The van der Waals surface area contributed by atoms with Gasteiger partial charge in [-0.15, -0.1) is 0 Å². The number of ether oxygens (including phenoxy) is 2. The highest BCUT2D eigenvalue weighted by Crippen LogP contribution is 2.34. The molecule has 2 rings (SSSR count). The maximum atomic E-state index is 13.7. The average Bonchev–Trinajstić information content (AvgIpc) is 2.54. The third kappa shape index (κ3) is 4.69. The molecule has 0 saturated carbocycles. The Morgan fingerprint density at radius 1 is 1.24 bits per heavy atom. The summed E-state index contributed by atoms with van der Waals surface area (Å²) in [5, 5.41) is 29.2. The Hall–Kier alpha value is -2.61. The number of aliphatic hydroxyl groups is 1. The predicted molar refractivity (Wildman–Crippen MR) is 84.2 cm³/mol. The van der Waals surface area contributed by atoms with E-state index in [1.165, 1.54) is 6.92 Å². The van der Waals surface area contributed by atoms with Crippen molar-refractivity contribution in [2.45, 2.75) is 38.4 Å². The number of halogens is 1. The van der Waals surface area contributed by atoms with Crippen LogP contribution in [0.5, 0.6) is 17.2 Å². The van der Waals surface area contributed by atoms with Crippen molar-refractivity contribution >= 4 is 11.8 Å². The number of rotatable bonds is 0. The molecule has 0 amide bonds. The van der Waals surface area contributed by atoms with Gasteiger partial charge < -0.3 is 24.8 Å². The third-order valence-corrected chi connectivity index (χ3v) is 3.62. The molecule has 0 fully saturated rings. The third-order valence-electron chi connectivity index (χ3n) is 3.62. The highest BCUT2D eigenvalue weighted by molar-refractivity contribution is 5.97. The van der Waals surface area contributed by atoms with Crippen LogP contribution in [0.3, 0.4) is 0 Å². The summed E-state index contributed by atoms with van der Waals surface area (Å²) in [7, 11) is 0. The first-order chi connectivity index (χ1) is 11.8. The van der Waals surface area contributed by atoms with Crippen LogP contribution in [-0.4, -0.2) is 45.9 Å². The summed E-state index contributed by atoms with van der Waals surface area (Å²) < 4.78 is 24.2. The Kier molecular flexibility index (Phi) is 5.97. The molecular weight excluding hydrogens is 335 g/mol. The summed E-state index contributed by atoms with van der Waals surface area (Å²) in [6.45, 7) is 1.45. The molecule has 1 aliphatic heterocycles. The number of Topliss-reactive ketones (excluding diaryl/α,β-unsaturated/α-hetero) is 1. The molecule has 1 aliphatic rings. The van der Waals surface area contributed by atoms with Gasteiger partial charge in [0.2, 0.25) is 5.78 Å². The minimum atomic E-state index is -1.50. The van der Waals surface area contributed by atoms with Crippen molar-refractivity contribution in [3.8, 4) is 17.2 Å². The number of phenols is 2. The number of hydrogen-bond donors (Lipinski definition) is 3. The van der Waals surface area contributed by atoms with Crippen molar-refractivity contribution < 1.29 is 38.8 Å². The molecule has 136 valence electrons. The highest BCUT2D eigenvalue weighted by atomic mass is 19.1. The molecule has 8 heteroatoms. The fourth-order valence-corrected chi connectivity index (χ4v) is 2.31. The first kappa shape index (κ1) is 18.7. The largest absolute Gasteiger partial charge is 0.508 e. The lowest BCUT2D eigenvalue weighted by Crippen LogP contribution is -2.22. The second kappa shape index (κ2) is 7.98. The van der Waals surface area contributed by atoms with Gasteiger partial charge in [-0.1, -0.05) is 0 Å². The van der Waals surface area contributed by atoms with Gasteiger partial charge in [-0.2, -0.15) is 0 Å². The summed E-state index contributed by atoms with van der Waals surface area (Å²) in [6, 6.07) is 2.12. The van der Waals surface area contributed by atoms with Gasteiger partial charge in [-0.25, -0.2) is 9.18 Å². The van der Waals surface area contributed by atoms with Crippen LogP contribution in [0.1, 0.15) is 36.5 Å². The number of ketones is 1. The molecule has 1 unspecified atom stereocenters. The number of phenolic OH excluding ortho intramolecular Hbond substituents is 2. The summed E-state index contributed by atoms with van der Waals surface area (Å²) >= 11 is 0. The van der Waals surface area contributed by atoms with E-state index in [-0.39, 0.29) is 42.9 Å². The Morgan fingerprint density at radius 3 is 2.68 bits per heavy atom. The Morgan fingerprint density at radius 2 is 1.96 bits per heavy atom. The van der Waals surface area contributed by atoms with Crippen molar-refractivity contribution in [2.24, 2.45) is 0 Å². The Labute approximate surface area is 143 Å². The van der Waals surface area contributed by atoms with Crippen molar-refractivity contribution in [3.05, 3.63) is 29.6 Å². The zero-order valence-corrected chi connectivity index (χ0v) is 13.6. The molecule has 25 heavy (non-hydrogen) atoms. The van der Waals surface area contributed by atoms with Crippen LogP contribution < -0.4 is 4.74 Å². The molecule has 0 aliphatic carbocycles. The molecular formula is C17H19FO7. The zero-order valence-electron chi connectivity index (χ0n) is 13.6. The quantitative estimate of drug-likeness (QED) is 0.611. The maximum Gasteiger partial charge on any atom is 0.346 e. The molecule has 1 heterocycles. The summed E-state index contributed by atoms with van der Waals surface area (Å²) in [5.74, 6) is -3.95. The minimum absolute atomic E-state index is 0.0333. The van der Waals surface area contributed by atoms with E-state index in [0.29, 0.717) is 0 Å². The van der Waals surface area contributed by atoms with Gasteiger partial charge in [-0.05, 0) is 25.8 Å². The number of carbonyl (C=O) groups is 2. The standard InChI is InChI=1S/C17H19FO7/c1-9-4-5-11(18)16(22)12(20)3-2-6-24-14-8-10(19)7-13(21)15(14)17(23)25-9/h5,7-9,12,19-21H,2-4,6H2,1H3/b11-5+/t9-,12?/m0/s1. The fraction of sp³-hybridized carbons (Fsp3) is 0.412. The predicted octanol–water partition coefficient (Wildman–Crippen LogP) is 1.99. The lowest BCUT2D eigenvalue weighted by molar-refractivity contribution is -0.125. The van der Waals surface area contributed by atoms with Gasteiger partial charge in [0, 0.05) is 18.6 Å². The van der Waals surface area contributed by atoms with E-state index in [0.717, 1.165) is 18.2 Å². The SMILES string of the molecule is C[C@H]1C/C=C(/F)C(=O)C(O)CCCOc2cc(O)cc(O)c2C(=O)O1. The van der Waals surface area contributed by atoms with E-state index in [4.69, 9.17) is 9.47 Å². The van der Waals surface area contributed by atoms with Crippen LogP contribution in [0.15, 0.2) is 24.0 Å². The minimum Gasteiger partial charge on any atom is -0.508 e. The molecule has 1 aromatic rings. The second-order valence-corrected chi connectivity index (χ2v) is 5.71. The van der Waals surface area contributed by atoms with Gasteiger partial charge in [0.25, 0.3) is 0 Å². The monoisotopic (exact) mass is 354 g/mol. The van der Waals surface area contributed by atoms with Crippen LogP contribution in [-0.2, 0) is 9.53 Å². The van der Waals surface area contributed by atoms with Gasteiger partial charge in [0.15, 0.2) is 5.83 Å². The van der Waals surface area contributed by atoms with E-state index >= 15 is 0 Å². The maximum absolute atomic E-state index is 13.7. The highest BCUT2D eigenvalue weighted by Gasteiger charge is 2.24. The molecule has 0 saturated heterocycles. The first-order valence-corrected chi connectivity index (χ1v) is 7.77. The smallest absolute Gasteiger partial charge is 0.346 e. The van der Waals surface area contributed by atoms with Crippen LogP contribution in [0.25, 0.3) is 0 Å². The van der Waals surface area contributed by atoms with E-state index in [9.17, 15) is 29.3 Å². The summed E-state index contributed by atoms with van der Waals surface area (Å²) in [6.07, 6.45) is -1.30. The number of fused-ring (bicyclic) bond motifs is 1. The Bertz CT molecular complexity index is 698. The molecule has 0 radical (unpaired) electrons. The van der Waals surface area contributed by atoms with Gasteiger partial charge in [-0.3, -0.25) is 4.79 Å². The topological polar surface area (TPSA) is 113 Å². The lowest BCUT2D eigenvalue weighted by atomic mass is 10.1.